The number of hydrogen-bond acceptors (Lipinski definition) is 6. The zero-order chi connectivity index (χ0) is 16.1. The zero-order valence-electron chi connectivity index (χ0n) is 12.6. The number of hydrogen-bond donors (Lipinski definition) is 1. The van der Waals surface area contributed by atoms with Gasteiger partial charge in [0.1, 0.15) is 24.5 Å². The fourth-order valence-electron chi connectivity index (χ4n) is 2.09. The van der Waals surface area contributed by atoms with Crippen molar-refractivity contribution in [3.63, 3.8) is 0 Å². The molecule has 7 nitrogen and oxygen atoms in total. The molecule has 1 N–H and O–H groups in total. The van der Waals surface area contributed by atoms with Crippen LogP contribution >= 0.6 is 15.9 Å². The summed E-state index contributed by atoms with van der Waals surface area (Å²) in [4.78, 5) is 8.47. The molecule has 0 aliphatic rings. The Morgan fingerprint density at radius 3 is 2.87 bits per heavy atom. The van der Waals surface area contributed by atoms with E-state index in [1.807, 2.05) is 30.3 Å². The molecular formula is C15H16BrN5O2. The lowest BCUT2D eigenvalue weighted by Crippen LogP contribution is -2.15. The highest BCUT2D eigenvalue weighted by Gasteiger charge is 2.07. The number of anilines is 1. The van der Waals surface area contributed by atoms with E-state index < -0.39 is 0 Å². The lowest BCUT2D eigenvalue weighted by molar-refractivity contribution is 0.181. The smallest absolute Gasteiger partial charge is 0.254 e. The second kappa shape index (κ2) is 7.38. The van der Waals surface area contributed by atoms with E-state index in [-0.39, 0.29) is 0 Å². The van der Waals surface area contributed by atoms with Crippen LogP contribution < -0.4 is 10.1 Å². The molecule has 0 bridgehead atoms. The summed E-state index contributed by atoms with van der Waals surface area (Å²) in [6.07, 6.45) is 1.47. The maximum Gasteiger partial charge on any atom is 0.254 e. The van der Waals surface area contributed by atoms with Gasteiger partial charge in [0, 0.05) is 17.6 Å². The van der Waals surface area contributed by atoms with Gasteiger partial charge in [-0.2, -0.15) is 14.6 Å². The Morgan fingerprint density at radius 2 is 2.09 bits per heavy atom. The van der Waals surface area contributed by atoms with Crippen molar-refractivity contribution in [2.45, 2.75) is 6.61 Å². The van der Waals surface area contributed by atoms with E-state index in [2.05, 4.69) is 36.3 Å². The number of ether oxygens (including phenoxy) is 2. The normalized spacial score (nSPS) is 10.9. The van der Waals surface area contributed by atoms with E-state index in [4.69, 9.17) is 9.47 Å². The highest BCUT2D eigenvalue weighted by atomic mass is 79.9. The minimum Gasteiger partial charge on any atom is -0.492 e. The largest absolute Gasteiger partial charge is 0.492 e. The molecule has 0 radical (unpaired) electrons. The minimum atomic E-state index is 0.424. The van der Waals surface area contributed by atoms with Crippen molar-refractivity contribution in [2.24, 2.45) is 0 Å². The summed E-state index contributed by atoms with van der Waals surface area (Å²) in [5.41, 5.74) is 0.796. The number of methoxy groups -OCH3 is 1. The van der Waals surface area contributed by atoms with Crippen molar-refractivity contribution in [3.8, 4) is 5.75 Å². The summed E-state index contributed by atoms with van der Waals surface area (Å²) in [6, 6.07) is 9.62. The average molecular weight is 378 g/mol. The van der Waals surface area contributed by atoms with Crippen LogP contribution in [0.3, 0.4) is 0 Å². The number of aromatic nitrogens is 4. The molecular weight excluding hydrogens is 362 g/mol. The van der Waals surface area contributed by atoms with Gasteiger partial charge in [0.05, 0.1) is 18.8 Å². The molecule has 0 saturated carbocycles. The summed E-state index contributed by atoms with van der Waals surface area (Å²) in [5, 5.41) is 7.45. The van der Waals surface area contributed by atoms with Crippen LogP contribution in [0.25, 0.3) is 5.78 Å². The van der Waals surface area contributed by atoms with E-state index in [0.29, 0.717) is 25.5 Å². The second-order valence-electron chi connectivity index (χ2n) is 4.77. The van der Waals surface area contributed by atoms with Crippen molar-refractivity contribution in [3.05, 3.63) is 46.8 Å². The molecule has 8 heteroatoms. The van der Waals surface area contributed by atoms with Gasteiger partial charge in [-0.15, -0.1) is 0 Å². The maximum absolute atomic E-state index is 5.69. The zero-order valence-corrected chi connectivity index (χ0v) is 14.2. The third kappa shape index (κ3) is 3.96. The third-order valence-corrected chi connectivity index (χ3v) is 3.62. The van der Waals surface area contributed by atoms with E-state index in [1.165, 1.54) is 6.33 Å². The van der Waals surface area contributed by atoms with Crippen LogP contribution in [-0.4, -0.2) is 39.8 Å². The molecule has 0 amide bonds. The highest BCUT2D eigenvalue weighted by Crippen LogP contribution is 2.16. The molecule has 1 aromatic carbocycles. The Morgan fingerprint density at radius 1 is 1.26 bits per heavy atom. The van der Waals surface area contributed by atoms with Crippen molar-refractivity contribution in [2.75, 3.05) is 25.6 Å². The van der Waals surface area contributed by atoms with Gasteiger partial charge < -0.3 is 14.8 Å². The standard InChI is InChI=1S/C15H16BrN5O2/c1-22-9-12-8-14(21-15(20-12)18-10-19-21)17-6-7-23-13-4-2-11(16)3-5-13/h2-5,8,10,17H,6-7,9H2,1H3. The number of benzene rings is 1. The van der Waals surface area contributed by atoms with Crippen LogP contribution in [-0.2, 0) is 11.3 Å². The van der Waals surface area contributed by atoms with Crippen LogP contribution in [0.4, 0.5) is 5.82 Å². The monoisotopic (exact) mass is 377 g/mol. The molecule has 3 aromatic rings. The first-order valence-corrected chi connectivity index (χ1v) is 7.86. The van der Waals surface area contributed by atoms with Crippen molar-refractivity contribution < 1.29 is 9.47 Å². The molecule has 2 heterocycles. The first-order chi connectivity index (χ1) is 11.3. The molecule has 0 atom stereocenters. The van der Waals surface area contributed by atoms with E-state index in [0.717, 1.165) is 21.7 Å². The highest BCUT2D eigenvalue weighted by molar-refractivity contribution is 9.10. The first kappa shape index (κ1) is 15.7. The third-order valence-electron chi connectivity index (χ3n) is 3.09. The average Bonchev–Trinajstić information content (AvgIpc) is 3.02. The topological polar surface area (TPSA) is 73.6 Å². The Labute approximate surface area is 141 Å². The van der Waals surface area contributed by atoms with Gasteiger partial charge in [0.2, 0.25) is 0 Å². The summed E-state index contributed by atoms with van der Waals surface area (Å²) in [7, 11) is 1.63. The van der Waals surface area contributed by atoms with E-state index >= 15 is 0 Å². The SMILES string of the molecule is COCc1cc(NCCOc2ccc(Br)cc2)n2ncnc2n1. The Hall–Kier alpha value is -2.19. The van der Waals surface area contributed by atoms with Gasteiger partial charge in [0.25, 0.3) is 5.78 Å². The van der Waals surface area contributed by atoms with Gasteiger partial charge in [-0.25, -0.2) is 4.98 Å². The summed E-state index contributed by atoms with van der Waals surface area (Å²) in [6.45, 7) is 1.58. The van der Waals surface area contributed by atoms with Gasteiger partial charge in [-0.05, 0) is 24.3 Å². The molecule has 0 aliphatic carbocycles. The van der Waals surface area contributed by atoms with Crippen molar-refractivity contribution >= 4 is 27.5 Å². The number of halogens is 1. The molecule has 2 aromatic heterocycles. The predicted octanol–water partition coefficient (Wildman–Crippen LogP) is 2.52. The Kier molecular flexibility index (Phi) is 5.04. The van der Waals surface area contributed by atoms with Crippen molar-refractivity contribution in [1.82, 2.24) is 19.6 Å². The second-order valence-corrected chi connectivity index (χ2v) is 5.68. The molecule has 0 fully saturated rings. The summed E-state index contributed by atoms with van der Waals surface area (Å²) in [5.74, 6) is 2.17. The fourth-order valence-corrected chi connectivity index (χ4v) is 2.35. The number of fused-ring (bicyclic) bond motifs is 1. The molecule has 23 heavy (non-hydrogen) atoms. The van der Waals surface area contributed by atoms with Crippen LogP contribution in [0.15, 0.2) is 41.1 Å². The van der Waals surface area contributed by atoms with E-state index in [9.17, 15) is 0 Å². The van der Waals surface area contributed by atoms with Crippen LogP contribution in [0.5, 0.6) is 5.75 Å². The van der Waals surface area contributed by atoms with Crippen LogP contribution in [0.2, 0.25) is 0 Å². The minimum absolute atomic E-state index is 0.424. The lowest BCUT2D eigenvalue weighted by Gasteiger charge is -2.10. The molecule has 3 rings (SSSR count). The predicted molar refractivity (Wildman–Crippen MR) is 89.6 cm³/mol. The van der Waals surface area contributed by atoms with Gasteiger partial charge in [-0.3, -0.25) is 0 Å². The first-order valence-electron chi connectivity index (χ1n) is 7.07. The fraction of sp³-hybridized carbons (Fsp3) is 0.267. The van der Waals surface area contributed by atoms with Gasteiger partial charge in [-0.1, -0.05) is 15.9 Å². The summed E-state index contributed by atoms with van der Waals surface area (Å²) >= 11 is 3.40. The van der Waals surface area contributed by atoms with Gasteiger partial charge >= 0.3 is 0 Å². The van der Waals surface area contributed by atoms with Crippen LogP contribution in [0.1, 0.15) is 5.69 Å². The molecule has 0 unspecified atom stereocenters. The number of rotatable bonds is 7. The summed E-state index contributed by atoms with van der Waals surface area (Å²) < 4.78 is 13.5. The molecule has 0 spiro atoms. The Balaban J connectivity index is 1.62. The van der Waals surface area contributed by atoms with Gasteiger partial charge in [0.15, 0.2) is 0 Å². The quantitative estimate of drug-likeness (QED) is 0.637. The van der Waals surface area contributed by atoms with E-state index in [1.54, 1.807) is 11.6 Å². The molecule has 0 saturated heterocycles. The van der Waals surface area contributed by atoms with Crippen LogP contribution in [0, 0.1) is 0 Å². The van der Waals surface area contributed by atoms with Crippen molar-refractivity contribution in [1.29, 1.82) is 0 Å². The molecule has 120 valence electrons. The Bertz CT molecular complexity index is 775. The maximum atomic E-state index is 5.69. The lowest BCUT2D eigenvalue weighted by atomic mass is 10.3. The number of nitrogens with zero attached hydrogens (tertiary/aromatic N) is 4. The molecule has 0 aliphatic heterocycles. The number of nitrogens with one attached hydrogen (secondary N) is 1.